The topological polar surface area (TPSA) is 70.9 Å². The van der Waals surface area contributed by atoms with Gasteiger partial charge in [-0.1, -0.05) is 24.3 Å². The number of aliphatic hydroxyl groups is 1. The van der Waals surface area contributed by atoms with Crippen molar-refractivity contribution in [3.05, 3.63) is 52.4 Å². The van der Waals surface area contributed by atoms with Crippen LogP contribution in [0.4, 0.5) is 4.39 Å². The van der Waals surface area contributed by atoms with Gasteiger partial charge in [-0.2, -0.15) is 0 Å². The minimum atomic E-state index is -0.531. The first-order chi connectivity index (χ1) is 9.72. The van der Waals surface area contributed by atoms with Crippen LogP contribution < -0.4 is 5.56 Å². The molecule has 0 fully saturated rings. The van der Waals surface area contributed by atoms with E-state index in [-0.39, 0.29) is 12.3 Å². The Bertz CT molecular complexity index is 805. The van der Waals surface area contributed by atoms with Gasteiger partial charge in [0.05, 0.1) is 5.39 Å². The molecule has 6 heteroatoms. The van der Waals surface area contributed by atoms with E-state index in [1.54, 1.807) is 36.5 Å². The highest BCUT2D eigenvalue weighted by Crippen LogP contribution is 2.18. The van der Waals surface area contributed by atoms with Gasteiger partial charge in [0.2, 0.25) is 0 Å². The summed E-state index contributed by atoms with van der Waals surface area (Å²) in [5.41, 5.74) is 1.40. The van der Waals surface area contributed by atoms with Gasteiger partial charge < -0.3 is 14.7 Å². The second-order valence-electron chi connectivity index (χ2n) is 4.41. The summed E-state index contributed by atoms with van der Waals surface area (Å²) < 4.78 is 14.0. The molecule has 0 amide bonds. The summed E-state index contributed by atoms with van der Waals surface area (Å²) in [6, 6.07) is 8.29. The van der Waals surface area contributed by atoms with Crippen LogP contribution in [0, 0.1) is 0 Å². The normalized spacial score (nSPS) is 11.1. The molecule has 3 aromatic rings. The van der Waals surface area contributed by atoms with Crippen LogP contribution in [0.15, 0.2) is 41.3 Å². The molecule has 0 unspecified atom stereocenters. The highest BCUT2D eigenvalue weighted by Gasteiger charge is 2.09. The molecule has 0 bridgehead atoms. The molecule has 2 heterocycles. The van der Waals surface area contributed by atoms with Gasteiger partial charge in [-0.15, -0.1) is 0 Å². The van der Waals surface area contributed by atoms with Gasteiger partial charge in [0.15, 0.2) is 0 Å². The van der Waals surface area contributed by atoms with Crippen LogP contribution in [0.3, 0.4) is 0 Å². The van der Waals surface area contributed by atoms with Gasteiger partial charge in [-0.05, 0) is 11.6 Å². The Morgan fingerprint density at radius 3 is 2.65 bits per heavy atom. The molecule has 0 spiro atoms. The number of nitrogens with one attached hydrogen (secondary N) is 1. The van der Waals surface area contributed by atoms with Gasteiger partial charge in [-0.3, -0.25) is 4.79 Å². The number of benzene rings is 1. The van der Waals surface area contributed by atoms with Crippen molar-refractivity contribution in [2.45, 2.75) is 13.4 Å². The molecule has 0 saturated heterocycles. The fourth-order valence-corrected chi connectivity index (χ4v) is 2.08. The van der Waals surface area contributed by atoms with Crippen molar-refractivity contribution in [1.82, 2.24) is 14.5 Å². The summed E-state index contributed by atoms with van der Waals surface area (Å²) in [5, 5.41) is 9.63. The molecule has 5 nitrogen and oxygen atoms in total. The number of halogens is 1. The fourth-order valence-electron chi connectivity index (χ4n) is 2.08. The third kappa shape index (κ3) is 2.00. The standard InChI is InChI=1S/C14H12FN3O2/c15-7-9-1-3-10(4-2-9)12-16-13-11(14(20)17-12)5-6-18(13)8-19/h1-6,19H,7-8H2,(H,16,17,20). The molecular formula is C14H12FN3O2. The van der Waals surface area contributed by atoms with Crippen molar-refractivity contribution < 1.29 is 9.50 Å². The zero-order valence-electron chi connectivity index (χ0n) is 10.5. The molecule has 0 atom stereocenters. The van der Waals surface area contributed by atoms with E-state index >= 15 is 0 Å². The second kappa shape index (κ2) is 4.90. The number of aliphatic hydroxyl groups excluding tert-OH is 1. The average Bonchev–Trinajstić information content (AvgIpc) is 2.91. The van der Waals surface area contributed by atoms with Crippen LogP contribution in [-0.4, -0.2) is 19.6 Å². The van der Waals surface area contributed by atoms with Crippen molar-refractivity contribution in [3.8, 4) is 11.4 Å². The van der Waals surface area contributed by atoms with Crippen molar-refractivity contribution in [2.24, 2.45) is 0 Å². The number of hydrogen-bond donors (Lipinski definition) is 2. The lowest BCUT2D eigenvalue weighted by Crippen LogP contribution is -2.10. The molecule has 0 aliphatic carbocycles. The van der Waals surface area contributed by atoms with E-state index in [9.17, 15) is 14.3 Å². The maximum absolute atomic E-state index is 12.5. The van der Waals surface area contributed by atoms with E-state index in [4.69, 9.17) is 0 Å². The quantitative estimate of drug-likeness (QED) is 0.764. The molecular weight excluding hydrogens is 261 g/mol. The maximum atomic E-state index is 12.5. The van der Waals surface area contributed by atoms with Crippen molar-refractivity contribution >= 4 is 11.0 Å². The van der Waals surface area contributed by atoms with Crippen LogP contribution in [0.25, 0.3) is 22.4 Å². The van der Waals surface area contributed by atoms with Crippen LogP contribution in [0.5, 0.6) is 0 Å². The molecule has 20 heavy (non-hydrogen) atoms. The van der Waals surface area contributed by atoms with Crippen LogP contribution in [0.1, 0.15) is 5.56 Å². The van der Waals surface area contributed by atoms with Crippen molar-refractivity contribution in [1.29, 1.82) is 0 Å². The molecule has 0 radical (unpaired) electrons. The Morgan fingerprint density at radius 2 is 2.00 bits per heavy atom. The SMILES string of the molecule is O=c1[nH]c(-c2ccc(CF)cc2)nc2c1ccn2CO. The smallest absolute Gasteiger partial charge is 0.260 e. The summed E-state index contributed by atoms with van der Waals surface area (Å²) in [6.45, 7) is -0.781. The van der Waals surface area contributed by atoms with Crippen LogP contribution in [0.2, 0.25) is 0 Å². The zero-order valence-corrected chi connectivity index (χ0v) is 10.5. The molecule has 102 valence electrons. The van der Waals surface area contributed by atoms with Gasteiger partial charge in [0.1, 0.15) is 24.9 Å². The first-order valence-electron chi connectivity index (χ1n) is 6.08. The zero-order chi connectivity index (χ0) is 14.1. The lowest BCUT2D eigenvalue weighted by atomic mass is 10.1. The number of H-pyrrole nitrogens is 1. The first kappa shape index (κ1) is 12.6. The second-order valence-corrected chi connectivity index (χ2v) is 4.41. The number of alkyl halides is 1. The highest BCUT2D eigenvalue weighted by molar-refractivity contribution is 5.77. The number of aromatic amines is 1. The molecule has 3 rings (SSSR count). The van der Waals surface area contributed by atoms with Crippen LogP contribution >= 0.6 is 0 Å². The largest absolute Gasteiger partial charge is 0.376 e. The minimum absolute atomic E-state index is 0.250. The fraction of sp³-hybridized carbons (Fsp3) is 0.143. The number of nitrogens with zero attached hydrogens (tertiary/aromatic N) is 2. The summed E-state index contributed by atoms with van der Waals surface area (Å²) >= 11 is 0. The van der Waals surface area contributed by atoms with E-state index < -0.39 is 6.67 Å². The number of rotatable bonds is 3. The predicted octanol–water partition coefficient (Wildman–Crippen LogP) is 1.81. The summed E-state index contributed by atoms with van der Waals surface area (Å²) in [5.74, 6) is 0.390. The Morgan fingerprint density at radius 1 is 1.25 bits per heavy atom. The van der Waals surface area contributed by atoms with Gasteiger partial charge >= 0.3 is 0 Å². The van der Waals surface area contributed by atoms with Gasteiger partial charge in [0.25, 0.3) is 5.56 Å². The molecule has 0 aliphatic heterocycles. The number of hydrogen-bond acceptors (Lipinski definition) is 3. The first-order valence-corrected chi connectivity index (χ1v) is 6.08. The molecule has 2 aromatic heterocycles. The third-order valence-electron chi connectivity index (χ3n) is 3.16. The van der Waals surface area contributed by atoms with E-state index in [0.717, 1.165) is 0 Å². The summed E-state index contributed by atoms with van der Waals surface area (Å²) in [4.78, 5) is 19.0. The highest BCUT2D eigenvalue weighted by atomic mass is 19.1. The third-order valence-corrected chi connectivity index (χ3v) is 3.16. The van der Waals surface area contributed by atoms with Crippen LogP contribution in [-0.2, 0) is 13.4 Å². The molecule has 1 aromatic carbocycles. The number of fused-ring (bicyclic) bond motifs is 1. The average molecular weight is 273 g/mol. The number of aromatic nitrogens is 3. The van der Waals surface area contributed by atoms with E-state index in [0.29, 0.717) is 28.0 Å². The predicted molar refractivity (Wildman–Crippen MR) is 72.8 cm³/mol. The molecule has 0 saturated carbocycles. The lowest BCUT2D eigenvalue weighted by molar-refractivity contribution is 0.215. The summed E-state index contributed by atoms with van der Waals surface area (Å²) in [6.07, 6.45) is 1.60. The van der Waals surface area contributed by atoms with Gasteiger partial charge in [-0.25, -0.2) is 9.37 Å². The monoisotopic (exact) mass is 273 g/mol. The maximum Gasteiger partial charge on any atom is 0.260 e. The Balaban J connectivity index is 2.17. The Labute approximate surface area is 113 Å². The van der Waals surface area contributed by atoms with E-state index in [1.165, 1.54) is 4.57 Å². The molecule has 0 aliphatic rings. The Kier molecular flexibility index (Phi) is 3.08. The van der Waals surface area contributed by atoms with E-state index in [2.05, 4.69) is 9.97 Å². The van der Waals surface area contributed by atoms with Crippen molar-refractivity contribution in [2.75, 3.05) is 0 Å². The van der Waals surface area contributed by atoms with Gasteiger partial charge in [0, 0.05) is 11.8 Å². The minimum Gasteiger partial charge on any atom is -0.376 e. The summed E-state index contributed by atoms with van der Waals surface area (Å²) in [7, 11) is 0. The van der Waals surface area contributed by atoms with E-state index in [1.807, 2.05) is 0 Å². The Hall–Kier alpha value is -2.47. The van der Waals surface area contributed by atoms with Crippen molar-refractivity contribution in [3.63, 3.8) is 0 Å². The lowest BCUT2D eigenvalue weighted by Gasteiger charge is -2.04. The molecule has 2 N–H and O–H groups in total.